The number of terminal acetylenes is 1. The van der Waals surface area contributed by atoms with Gasteiger partial charge in [0.15, 0.2) is 0 Å². The number of hydrogen-bond donors (Lipinski definition) is 1. The van der Waals surface area contributed by atoms with Gasteiger partial charge in [-0.3, -0.25) is 4.68 Å². The van der Waals surface area contributed by atoms with Gasteiger partial charge in [0, 0.05) is 24.4 Å². The number of aryl methyl sites for hydroxylation is 2. The van der Waals surface area contributed by atoms with E-state index in [1.807, 2.05) is 0 Å². The van der Waals surface area contributed by atoms with E-state index in [0.29, 0.717) is 0 Å². The smallest absolute Gasteiger partial charge is 0.0366 e. The topological polar surface area (TPSA) is 17.0 Å². The molecule has 0 saturated carbocycles. The Hall–Kier alpha value is -1.36. The Morgan fingerprint density at radius 2 is 2.00 bits per heavy atom. The Balaban J connectivity index is 2.41. The first kappa shape index (κ1) is 9.73. The average molecular weight is 176 g/mol. The number of nitrogens with one attached hydrogen (secondary N) is 1. The summed E-state index contributed by atoms with van der Waals surface area (Å²) in [4.78, 5) is 0. The maximum Gasteiger partial charge on any atom is 0.0366 e. The van der Waals surface area contributed by atoms with E-state index in [-0.39, 0.29) is 0 Å². The number of unbranched alkanes of at least 4 members (excludes halogenated alkanes) is 1. The minimum absolute atomic E-state index is 0.840. The van der Waals surface area contributed by atoms with Crippen LogP contribution in [0.4, 0.5) is 0 Å². The first-order chi connectivity index (χ1) is 6.25. The molecule has 1 aromatic rings. The Morgan fingerprint density at radius 3 is 2.54 bits per heavy atom. The van der Waals surface area contributed by atoms with Crippen LogP contribution in [0.1, 0.15) is 24.2 Å². The van der Waals surface area contributed by atoms with E-state index in [4.69, 9.17) is 6.42 Å². The zero-order chi connectivity index (χ0) is 9.68. The molecule has 0 aliphatic rings. The van der Waals surface area contributed by atoms with Crippen LogP contribution in [0.25, 0.3) is 0 Å². The fourth-order valence-corrected chi connectivity index (χ4v) is 1.30. The summed E-state index contributed by atoms with van der Waals surface area (Å²) in [5.74, 6) is 2.63. The average Bonchev–Trinajstić information content (AvgIpc) is 2.42. The fourth-order valence-electron chi connectivity index (χ4n) is 1.30. The lowest BCUT2D eigenvalue weighted by molar-refractivity contribution is 0.754. The van der Waals surface area contributed by atoms with E-state index >= 15 is 0 Å². The maximum atomic E-state index is 5.16. The van der Waals surface area contributed by atoms with Gasteiger partial charge in [0.1, 0.15) is 0 Å². The normalized spacial score (nSPS) is 9.62. The van der Waals surface area contributed by atoms with Crippen molar-refractivity contribution in [1.29, 1.82) is 0 Å². The highest BCUT2D eigenvalue weighted by molar-refractivity contribution is 5.15. The Labute approximate surface area is 79.9 Å². The van der Waals surface area contributed by atoms with E-state index in [1.54, 1.807) is 0 Å². The summed E-state index contributed by atoms with van der Waals surface area (Å²) in [7, 11) is 0. The van der Waals surface area contributed by atoms with E-state index in [0.717, 1.165) is 19.4 Å². The quantitative estimate of drug-likeness (QED) is 0.549. The zero-order valence-electron chi connectivity index (χ0n) is 8.30. The summed E-state index contributed by atoms with van der Waals surface area (Å²) in [6.07, 6.45) is 7.02. The molecule has 0 fully saturated rings. The molecule has 0 aromatic carbocycles. The number of nitrogens with zero attached hydrogens (tertiary/aromatic N) is 1. The molecule has 1 aromatic heterocycles. The van der Waals surface area contributed by atoms with Gasteiger partial charge < -0.3 is 5.43 Å². The molecule has 70 valence electrons. The lowest BCUT2D eigenvalue weighted by Crippen LogP contribution is -2.18. The fraction of sp³-hybridized carbons (Fsp3) is 0.455. The molecule has 0 atom stereocenters. The van der Waals surface area contributed by atoms with Gasteiger partial charge in [-0.2, -0.15) is 0 Å². The van der Waals surface area contributed by atoms with Crippen molar-refractivity contribution in [2.45, 2.75) is 26.7 Å². The Bertz CT molecular complexity index is 285. The van der Waals surface area contributed by atoms with Crippen molar-refractivity contribution in [3.05, 3.63) is 23.5 Å². The lowest BCUT2D eigenvalue weighted by Gasteiger charge is -2.11. The van der Waals surface area contributed by atoms with E-state index in [1.165, 1.54) is 11.4 Å². The molecule has 0 spiro atoms. The first-order valence-electron chi connectivity index (χ1n) is 4.58. The Kier molecular flexibility index (Phi) is 3.45. The standard InChI is InChI=1S/C11H16N2/c1-4-5-6-9-12-13-10(2)7-8-11(13)3/h1,7-8,12H,5-6,9H2,2-3H3. The van der Waals surface area contributed by atoms with Crippen molar-refractivity contribution in [2.24, 2.45) is 0 Å². The summed E-state index contributed by atoms with van der Waals surface area (Å²) < 4.78 is 2.09. The van der Waals surface area contributed by atoms with Crippen LogP contribution in [-0.4, -0.2) is 11.2 Å². The molecule has 0 aliphatic carbocycles. The van der Waals surface area contributed by atoms with E-state index < -0.39 is 0 Å². The molecule has 0 unspecified atom stereocenters. The van der Waals surface area contributed by atoms with Crippen LogP contribution in [0.3, 0.4) is 0 Å². The minimum Gasteiger partial charge on any atom is -0.326 e. The molecule has 2 heteroatoms. The van der Waals surface area contributed by atoms with Crippen molar-refractivity contribution in [3.63, 3.8) is 0 Å². The summed E-state index contributed by atoms with van der Waals surface area (Å²) in [5.41, 5.74) is 5.79. The van der Waals surface area contributed by atoms with Gasteiger partial charge in [-0.15, -0.1) is 12.3 Å². The molecule has 1 N–H and O–H groups in total. The van der Waals surface area contributed by atoms with Crippen molar-refractivity contribution < 1.29 is 0 Å². The van der Waals surface area contributed by atoms with Crippen LogP contribution in [-0.2, 0) is 0 Å². The first-order valence-corrected chi connectivity index (χ1v) is 4.58. The van der Waals surface area contributed by atoms with Crippen molar-refractivity contribution in [1.82, 2.24) is 4.68 Å². The van der Waals surface area contributed by atoms with E-state index in [9.17, 15) is 0 Å². The number of aromatic nitrogens is 1. The van der Waals surface area contributed by atoms with Crippen molar-refractivity contribution >= 4 is 0 Å². The van der Waals surface area contributed by atoms with Crippen LogP contribution in [0.15, 0.2) is 12.1 Å². The molecular formula is C11H16N2. The highest BCUT2D eigenvalue weighted by Gasteiger charge is 1.97. The third-order valence-corrected chi connectivity index (χ3v) is 2.04. The second kappa shape index (κ2) is 4.61. The van der Waals surface area contributed by atoms with Crippen LogP contribution in [0.5, 0.6) is 0 Å². The molecule has 1 rings (SSSR count). The van der Waals surface area contributed by atoms with Crippen LogP contribution < -0.4 is 5.43 Å². The number of rotatable bonds is 4. The molecule has 0 radical (unpaired) electrons. The SMILES string of the molecule is C#CCCCNn1c(C)ccc1C. The summed E-state index contributed by atoms with van der Waals surface area (Å²) in [6.45, 7) is 5.10. The zero-order valence-corrected chi connectivity index (χ0v) is 8.30. The van der Waals surface area contributed by atoms with Gasteiger partial charge in [-0.1, -0.05) is 0 Å². The molecular weight excluding hydrogens is 160 g/mol. The highest BCUT2D eigenvalue weighted by atomic mass is 15.4. The second-order valence-corrected chi connectivity index (χ2v) is 3.17. The third-order valence-electron chi connectivity index (χ3n) is 2.04. The molecule has 2 nitrogen and oxygen atoms in total. The number of hydrogen-bond acceptors (Lipinski definition) is 1. The summed E-state index contributed by atoms with van der Waals surface area (Å²) >= 11 is 0. The van der Waals surface area contributed by atoms with Crippen LogP contribution >= 0.6 is 0 Å². The largest absolute Gasteiger partial charge is 0.326 e. The van der Waals surface area contributed by atoms with Gasteiger partial charge in [0.05, 0.1) is 0 Å². The van der Waals surface area contributed by atoms with Crippen molar-refractivity contribution in [3.8, 4) is 12.3 Å². The molecule has 13 heavy (non-hydrogen) atoms. The minimum atomic E-state index is 0.840. The maximum absolute atomic E-state index is 5.16. The molecule has 0 bridgehead atoms. The van der Waals surface area contributed by atoms with Crippen molar-refractivity contribution in [2.75, 3.05) is 12.0 Å². The Morgan fingerprint density at radius 1 is 1.38 bits per heavy atom. The monoisotopic (exact) mass is 176 g/mol. The second-order valence-electron chi connectivity index (χ2n) is 3.17. The molecule has 0 amide bonds. The molecule has 0 aliphatic heterocycles. The van der Waals surface area contributed by atoms with Gasteiger partial charge >= 0.3 is 0 Å². The highest BCUT2D eigenvalue weighted by Crippen LogP contribution is 2.03. The van der Waals surface area contributed by atoms with Gasteiger partial charge in [0.25, 0.3) is 0 Å². The molecule has 0 saturated heterocycles. The van der Waals surface area contributed by atoms with Crippen LogP contribution in [0.2, 0.25) is 0 Å². The van der Waals surface area contributed by atoms with Crippen LogP contribution in [0, 0.1) is 26.2 Å². The lowest BCUT2D eigenvalue weighted by atomic mass is 10.3. The summed E-state index contributed by atoms with van der Waals surface area (Å²) in [5, 5.41) is 0. The third kappa shape index (κ3) is 2.55. The van der Waals surface area contributed by atoms with Gasteiger partial charge in [0.2, 0.25) is 0 Å². The summed E-state index contributed by atoms with van der Waals surface area (Å²) in [6, 6.07) is 4.20. The van der Waals surface area contributed by atoms with Gasteiger partial charge in [-0.05, 0) is 32.4 Å². The molecule has 1 heterocycles. The predicted molar refractivity (Wildman–Crippen MR) is 56.2 cm³/mol. The van der Waals surface area contributed by atoms with E-state index in [2.05, 4.69) is 42.0 Å². The van der Waals surface area contributed by atoms with Gasteiger partial charge in [-0.25, -0.2) is 0 Å². The predicted octanol–water partition coefficient (Wildman–Crippen LogP) is 2.06.